The van der Waals surface area contributed by atoms with E-state index in [0.717, 1.165) is 33.5 Å². The fourth-order valence-electron chi connectivity index (χ4n) is 3.02. The average Bonchev–Trinajstić information content (AvgIpc) is 3.25. The number of fused-ring (bicyclic) bond motifs is 2. The smallest absolute Gasteiger partial charge is 0.247 e. The Bertz CT molecular complexity index is 1220. The van der Waals surface area contributed by atoms with Gasteiger partial charge in [0, 0.05) is 16.6 Å². The van der Waals surface area contributed by atoms with Crippen LogP contribution in [-0.4, -0.2) is 24.8 Å². The van der Waals surface area contributed by atoms with Crippen molar-refractivity contribution in [3.05, 3.63) is 66.7 Å². The first-order chi connectivity index (χ1) is 12.8. The Balaban J connectivity index is 1.62. The summed E-state index contributed by atoms with van der Waals surface area (Å²) in [5.41, 5.74) is 10.5. The van der Waals surface area contributed by atoms with Gasteiger partial charge in [0.2, 0.25) is 5.95 Å². The zero-order valence-electron chi connectivity index (χ0n) is 13.7. The lowest BCUT2D eigenvalue weighted by Gasteiger charge is -2.04. The molecule has 7 heteroatoms. The van der Waals surface area contributed by atoms with Gasteiger partial charge >= 0.3 is 0 Å². The molecule has 0 unspecified atom stereocenters. The van der Waals surface area contributed by atoms with E-state index in [0.29, 0.717) is 11.8 Å². The number of nitrogen functional groups attached to an aromatic ring is 1. The lowest BCUT2D eigenvalue weighted by Crippen LogP contribution is -1.95. The summed E-state index contributed by atoms with van der Waals surface area (Å²) in [6, 6.07) is 21.7. The summed E-state index contributed by atoms with van der Waals surface area (Å²) >= 11 is 0. The Labute approximate surface area is 148 Å². The van der Waals surface area contributed by atoms with Gasteiger partial charge in [-0.05, 0) is 36.4 Å². The van der Waals surface area contributed by atoms with Gasteiger partial charge in [-0.3, -0.25) is 5.10 Å². The first-order valence-corrected chi connectivity index (χ1v) is 8.20. The van der Waals surface area contributed by atoms with E-state index in [1.165, 1.54) is 0 Å². The van der Waals surface area contributed by atoms with Crippen molar-refractivity contribution in [1.82, 2.24) is 24.8 Å². The molecule has 5 aromatic rings. The lowest BCUT2D eigenvalue weighted by atomic mass is 10.1. The van der Waals surface area contributed by atoms with Gasteiger partial charge in [0.1, 0.15) is 0 Å². The SMILES string of the molecule is Nc1n[nH]c2ccc(-c3cccc4nc(Nc5ccccc5)nn34)cc12. The normalized spacial score (nSPS) is 11.2. The fourth-order valence-corrected chi connectivity index (χ4v) is 3.02. The van der Waals surface area contributed by atoms with Crippen LogP contribution in [0.2, 0.25) is 0 Å². The Hall–Kier alpha value is -3.87. The number of hydrogen-bond donors (Lipinski definition) is 3. The molecular weight excluding hydrogens is 326 g/mol. The molecule has 0 atom stereocenters. The molecule has 0 radical (unpaired) electrons. The molecule has 2 aromatic carbocycles. The minimum Gasteiger partial charge on any atom is -0.382 e. The highest BCUT2D eigenvalue weighted by Gasteiger charge is 2.11. The number of nitrogens with one attached hydrogen (secondary N) is 2. The number of hydrogen-bond acceptors (Lipinski definition) is 5. The summed E-state index contributed by atoms with van der Waals surface area (Å²) < 4.78 is 1.82. The Morgan fingerprint density at radius 1 is 0.962 bits per heavy atom. The van der Waals surface area contributed by atoms with Crippen molar-refractivity contribution in [3.63, 3.8) is 0 Å². The third kappa shape index (κ3) is 2.34. The molecule has 0 fully saturated rings. The zero-order valence-corrected chi connectivity index (χ0v) is 13.7. The first-order valence-electron chi connectivity index (χ1n) is 8.20. The van der Waals surface area contributed by atoms with E-state index < -0.39 is 0 Å². The van der Waals surface area contributed by atoms with Crippen LogP contribution in [0.1, 0.15) is 0 Å². The molecule has 26 heavy (non-hydrogen) atoms. The number of aromatic nitrogens is 5. The number of nitrogens with zero attached hydrogens (tertiary/aromatic N) is 4. The Kier molecular flexibility index (Phi) is 3.11. The van der Waals surface area contributed by atoms with Gasteiger partial charge in [0.15, 0.2) is 11.5 Å². The predicted molar refractivity (Wildman–Crippen MR) is 102 cm³/mol. The lowest BCUT2D eigenvalue weighted by molar-refractivity contribution is 0.974. The fraction of sp³-hybridized carbons (Fsp3) is 0. The molecule has 7 nitrogen and oxygen atoms in total. The molecule has 3 heterocycles. The van der Waals surface area contributed by atoms with Gasteiger partial charge in [-0.2, -0.15) is 10.1 Å². The molecule has 0 saturated carbocycles. The highest BCUT2D eigenvalue weighted by molar-refractivity contribution is 5.92. The topological polar surface area (TPSA) is 96.9 Å². The largest absolute Gasteiger partial charge is 0.382 e. The number of para-hydroxylation sites is 1. The van der Waals surface area contributed by atoms with Crippen LogP contribution in [0.25, 0.3) is 27.8 Å². The highest BCUT2D eigenvalue weighted by atomic mass is 15.4. The molecule has 3 aromatic heterocycles. The van der Waals surface area contributed by atoms with E-state index in [2.05, 4.69) is 25.6 Å². The van der Waals surface area contributed by atoms with Crippen molar-refractivity contribution >= 4 is 34.0 Å². The van der Waals surface area contributed by atoms with Gasteiger partial charge in [-0.1, -0.05) is 30.3 Å². The Morgan fingerprint density at radius 3 is 2.73 bits per heavy atom. The first kappa shape index (κ1) is 14.5. The third-order valence-corrected chi connectivity index (χ3v) is 4.28. The number of H-pyrrole nitrogens is 1. The van der Waals surface area contributed by atoms with Crippen LogP contribution in [0, 0.1) is 0 Å². The molecular formula is C19H15N7. The molecule has 0 spiro atoms. The number of pyridine rings is 1. The summed E-state index contributed by atoms with van der Waals surface area (Å²) in [6.45, 7) is 0. The van der Waals surface area contributed by atoms with Gasteiger partial charge in [-0.15, -0.1) is 5.10 Å². The van der Waals surface area contributed by atoms with Crippen LogP contribution in [0.3, 0.4) is 0 Å². The van der Waals surface area contributed by atoms with Crippen LogP contribution >= 0.6 is 0 Å². The summed E-state index contributed by atoms with van der Waals surface area (Å²) in [5, 5.41) is 15.7. The maximum Gasteiger partial charge on any atom is 0.247 e. The maximum atomic E-state index is 5.94. The Morgan fingerprint density at radius 2 is 1.85 bits per heavy atom. The van der Waals surface area contributed by atoms with Crippen molar-refractivity contribution in [2.24, 2.45) is 0 Å². The molecule has 0 bridgehead atoms. The van der Waals surface area contributed by atoms with Crippen molar-refractivity contribution < 1.29 is 0 Å². The predicted octanol–water partition coefficient (Wildman–Crippen LogP) is 3.60. The van der Waals surface area contributed by atoms with Crippen molar-refractivity contribution in [3.8, 4) is 11.3 Å². The van der Waals surface area contributed by atoms with Crippen molar-refractivity contribution in [2.45, 2.75) is 0 Å². The van der Waals surface area contributed by atoms with E-state index >= 15 is 0 Å². The monoisotopic (exact) mass is 341 g/mol. The van der Waals surface area contributed by atoms with E-state index in [-0.39, 0.29) is 0 Å². The molecule has 4 N–H and O–H groups in total. The van der Waals surface area contributed by atoms with E-state index in [4.69, 9.17) is 5.73 Å². The minimum atomic E-state index is 0.485. The van der Waals surface area contributed by atoms with Crippen molar-refractivity contribution in [2.75, 3.05) is 11.1 Å². The quantitative estimate of drug-likeness (QED) is 0.466. The van der Waals surface area contributed by atoms with Crippen molar-refractivity contribution in [1.29, 1.82) is 0 Å². The van der Waals surface area contributed by atoms with Gasteiger partial charge in [0.05, 0.1) is 11.2 Å². The molecule has 0 aliphatic heterocycles. The molecule has 0 saturated heterocycles. The number of anilines is 3. The average molecular weight is 341 g/mol. The maximum absolute atomic E-state index is 5.94. The molecule has 0 amide bonds. The third-order valence-electron chi connectivity index (χ3n) is 4.28. The summed E-state index contributed by atoms with van der Waals surface area (Å²) in [7, 11) is 0. The van der Waals surface area contributed by atoms with Crippen LogP contribution in [-0.2, 0) is 0 Å². The summed E-state index contributed by atoms with van der Waals surface area (Å²) in [5.74, 6) is 1.03. The number of aromatic amines is 1. The summed E-state index contributed by atoms with van der Waals surface area (Å²) in [6.07, 6.45) is 0. The van der Waals surface area contributed by atoms with Gasteiger partial charge in [-0.25, -0.2) is 4.52 Å². The van der Waals surface area contributed by atoms with Crippen LogP contribution in [0.5, 0.6) is 0 Å². The number of nitrogens with two attached hydrogens (primary N) is 1. The standard InChI is InChI=1S/C19H15N7/c20-18-14-11-12(9-10-15(14)23-24-18)16-7-4-8-17-22-19(25-26(16)17)21-13-5-2-1-3-6-13/h1-11H,(H,21,25)(H3,20,23,24). The molecule has 5 rings (SSSR count). The van der Waals surface area contributed by atoms with Crippen LogP contribution in [0.4, 0.5) is 17.5 Å². The highest BCUT2D eigenvalue weighted by Crippen LogP contribution is 2.27. The second kappa shape index (κ2) is 5.59. The minimum absolute atomic E-state index is 0.485. The van der Waals surface area contributed by atoms with E-state index in [9.17, 15) is 0 Å². The van der Waals surface area contributed by atoms with Gasteiger partial charge < -0.3 is 11.1 Å². The van der Waals surface area contributed by atoms with Gasteiger partial charge in [0.25, 0.3) is 0 Å². The second-order valence-electron chi connectivity index (χ2n) is 5.98. The van der Waals surface area contributed by atoms with Crippen LogP contribution < -0.4 is 11.1 Å². The molecule has 0 aliphatic rings. The van der Waals surface area contributed by atoms with E-state index in [1.54, 1.807) is 0 Å². The number of rotatable bonds is 3. The molecule has 126 valence electrons. The van der Waals surface area contributed by atoms with E-state index in [1.807, 2.05) is 71.2 Å². The number of benzene rings is 2. The zero-order chi connectivity index (χ0) is 17.5. The van der Waals surface area contributed by atoms with Crippen LogP contribution in [0.15, 0.2) is 66.7 Å². The molecule has 0 aliphatic carbocycles. The second-order valence-corrected chi connectivity index (χ2v) is 5.98. The summed E-state index contributed by atoms with van der Waals surface area (Å²) in [4.78, 5) is 4.56.